The number of pyridine rings is 1. The Morgan fingerprint density at radius 3 is 2.71 bits per heavy atom. The summed E-state index contributed by atoms with van der Waals surface area (Å²) in [6.45, 7) is 3.64. The van der Waals surface area contributed by atoms with Crippen LogP contribution < -0.4 is 5.32 Å². The lowest BCUT2D eigenvalue weighted by molar-refractivity contribution is 0.0694. The molecule has 0 aliphatic carbocycles. The van der Waals surface area contributed by atoms with Crippen molar-refractivity contribution < 1.29 is 19.1 Å². The van der Waals surface area contributed by atoms with E-state index in [0.29, 0.717) is 11.6 Å². The van der Waals surface area contributed by atoms with E-state index in [1.807, 2.05) is 6.92 Å². The first-order valence-corrected chi connectivity index (χ1v) is 6.44. The molecule has 0 aliphatic rings. The smallest absolute Gasteiger partial charge is 0.337 e. The lowest BCUT2D eigenvalue weighted by Gasteiger charge is -2.05. The second-order valence-corrected chi connectivity index (χ2v) is 4.39. The van der Waals surface area contributed by atoms with Crippen LogP contribution in [0.1, 0.15) is 45.1 Å². The first-order chi connectivity index (χ1) is 10.0. The van der Waals surface area contributed by atoms with Gasteiger partial charge in [0.05, 0.1) is 24.0 Å². The van der Waals surface area contributed by atoms with Gasteiger partial charge in [0.1, 0.15) is 11.5 Å². The second kappa shape index (κ2) is 6.17. The molecule has 2 heterocycles. The highest BCUT2D eigenvalue weighted by Crippen LogP contribution is 2.08. The van der Waals surface area contributed by atoms with Crippen molar-refractivity contribution in [2.75, 3.05) is 0 Å². The zero-order chi connectivity index (χ0) is 15.4. The monoisotopic (exact) mass is 289 g/mol. The number of nitrogens with one attached hydrogen (secondary N) is 1. The van der Waals surface area contributed by atoms with Gasteiger partial charge in [-0.05, 0) is 19.1 Å². The SMILES string of the molecule is CCc1cnc(CNC(=O)c2ccc(C(=O)O)c(C)n2)o1. The molecule has 2 rings (SSSR count). The van der Waals surface area contributed by atoms with Crippen molar-refractivity contribution in [2.24, 2.45) is 0 Å². The Hall–Kier alpha value is -2.70. The van der Waals surface area contributed by atoms with E-state index in [1.54, 1.807) is 13.1 Å². The number of carbonyl (C=O) groups is 2. The summed E-state index contributed by atoms with van der Waals surface area (Å²) in [6, 6.07) is 2.73. The number of carbonyl (C=O) groups excluding carboxylic acids is 1. The molecule has 2 N–H and O–H groups in total. The minimum atomic E-state index is -1.07. The van der Waals surface area contributed by atoms with Gasteiger partial charge < -0.3 is 14.8 Å². The number of rotatable bonds is 5. The molecule has 0 saturated carbocycles. The number of aryl methyl sites for hydroxylation is 2. The Kier molecular flexibility index (Phi) is 4.32. The van der Waals surface area contributed by atoms with Crippen molar-refractivity contribution in [3.63, 3.8) is 0 Å². The van der Waals surface area contributed by atoms with Crippen molar-refractivity contribution in [1.29, 1.82) is 0 Å². The van der Waals surface area contributed by atoms with Crippen molar-refractivity contribution in [3.8, 4) is 0 Å². The number of oxazole rings is 1. The molecule has 0 aliphatic heterocycles. The standard InChI is InChI=1S/C14H15N3O4/c1-3-9-6-15-12(21-9)7-16-13(18)11-5-4-10(14(19)20)8(2)17-11/h4-6H,3,7H2,1-2H3,(H,16,18)(H,19,20). The van der Waals surface area contributed by atoms with E-state index in [4.69, 9.17) is 9.52 Å². The van der Waals surface area contributed by atoms with E-state index in [0.717, 1.165) is 12.2 Å². The van der Waals surface area contributed by atoms with Crippen LogP contribution >= 0.6 is 0 Å². The summed E-state index contributed by atoms with van der Waals surface area (Å²) in [5.74, 6) is -0.316. The van der Waals surface area contributed by atoms with Crippen LogP contribution in [0.2, 0.25) is 0 Å². The number of hydrogen-bond donors (Lipinski definition) is 2. The minimum Gasteiger partial charge on any atom is -0.478 e. The Bertz CT molecular complexity index is 679. The summed E-state index contributed by atoms with van der Waals surface area (Å²) in [4.78, 5) is 30.8. The Morgan fingerprint density at radius 2 is 2.14 bits per heavy atom. The van der Waals surface area contributed by atoms with Crippen molar-refractivity contribution in [3.05, 3.63) is 46.9 Å². The molecule has 1 amide bonds. The predicted molar refractivity (Wildman–Crippen MR) is 73.0 cm³/mol. The Morgan fingerprint density at radius 1 is 1.38 bits per heavy atom. The average Bonchev–Trinajstić information content (AvgIpc) is 2.92. The highest BCUT2D eigenvalue weighted by atomic mass is 16.4. The van der Waals surface area contributed by atoms with Crippen LogP contribution in [0, 0.1) is 6.92 Å². The topological polar surface area (TPSA) is 105 Å². The first kappa shape index (κ1) is 14.7. The largest absolute Gasteiger partial charge is 0.478 e. The lowest BCUT2D eigenvalue weighted by Crippen LogP contribution is -2.24. The predicted octanol–water partition coefficient (Wildman–Crippen LogP) is 1.57. The number of amides is 1. The maximum atomic E-state index is 11.9. The molecule has 0 atom stereocenters. The van der Waals surface area contributed by atoms with Gasteiger partial charge in [0.25, 0.3) is 5.91 Å². The maximum absolute atomic E-state index is 11.9. The van der Waals surface area contributed by atoms with E-state index in [9.17, 15) is 9.59 Å². The highest BCUT2D eigenvalue weighted by Gasteiger charge is 2.13. The van der Waals surface area contributed by atoms with Gasteiger partial charge in [0.2, 0.25) is 5.89 Å². The van der Waals surface area contributed by atoms with Crippen molar-refractivity contribution in [2.45, 2.75) is 26.8 Å². The van der Waals surface area contributed by atoms with Crippen LogP contribution in [0.5, 0.6) is 0 Å². The fourth-order valence-electron chi connectivity index (χ4n) is 1.75. The molecule has 0 spiro atoms. The van der Waals surface area contributed by atoms with E-state index in [2.05, 4.69) is 15.3 Å². The molecule has 0 unspecified atom stereocenters. The molecular weight excluding hydrogens is 274 g/mol. The fraction of sp³-hybridized carbons (Fsp3) is 0.286. The molecule has 2 aromatic heterocycles. The van der Waals surface area contributed by atoms with Gasteiger partial charge in [-0.25, -0.2) is 14.8 Å². The molecule has 110 valence electrons. The summed E-state index contributed by atoms with van der Waals surface area (Å²) < 4.78 is 5.37. The van der Waals surface area contributed by atoms with E-state index >= 15 is 0 Å². The van der Waals surface area contributed by atoms with Gasteiger partial charge in [-0.1, -0.05) is 6.92 Å². The van der Waals surface area contributed by atoms with Crippen LogP contribution in [-0.2, 0) is 13.0 Å². The van der Waals surface area contributed by atoms with E-state index in [-0.39, 0.29) is 17.8 Å². The number of nitrogens with zero attached hydrogens (tertiary/aromatic N) is 2. The Labute approximate surface area is 121 Å². The molecule has 0 fully saturated rings. The molecule has 7 heteroatoms. The second-order valence-electron chi connectivity index (χ2n) is 4.39. The summed E-state index contributed by atoms with van der Waals surface area (Å²) in [7, 11) is 0. The maximum Gasteiger partial charge on any atom is 0.337 e. The van der Waals surface area contributed by atoms with Gasteiger partial charge in [-0.2, -0.15) is 0 Å². The number of carboxylic acids is 1. The normalized spacial score (nSPS) is 10.4. The van der Waals surface area contributed by atoms with Crippen LogP contribution in [0.4, 0.5) is 0 Å². The zero-order valence-corrected chi connectivity index (χ0v) is 11.7. The van der Waals surface area contributed by atoms with Crippen LogP contribution in [0.25, 0.3) is 0 Å². The van der Waals surface area contributed by atoms with Gasteiger partial charge >= 0.3 is 5.97 Å². The van der Waals surface area contributed by atoms with Gasteiger partial charge in [0.15, 0.2) is 0 Å². The highest BCUT2D eigenvalue weighted by molar-refractivity contribution is 5.94. The minimum absolute atomic E-state index is 0.0758. The van der Waals surface area contributed by atoms with Crippen LogP contribution in [0.3, 0.4) is 0 Å². The third-order valence-corrected chi connectivity index (χ3v) is 2.90. The van der Waals surface area contributed by atoms with Crippen molar-refractivity contribution >= 4 is 11.9 Å². The number of hydrogen-bond acceptors (Lipinski definition) is 5. The van der Waals surface area contributed by atoms with E-state index < -0.39 is 11.9 Å². The summed E-state index contributed by atoms with van der Waals surface area (Å²) in [5.41, 5.74) is 0.520. The average molecular weight is 289 g/mol. The van der Waals surface area contributed by atoms with Crippen LogP contribution in [-0.4, -0.2) is 27.0 Å². The summed E-state index contributed by atoms with van der Waals surface area (Å²) in [5, 5.41) is 11.5. The quantitative estimate of drug-likeness (QED) is 0.865. The Balaban J connectivity index is 2.03. The molecule has 0 bridgehead atoms. The summed E-state index contributed by atoms with van der Waals surface area (Å²) in [6.07, 6.45) is 2.35. The zero-order valence-electron chi connectivity index (χ0n) is 11.7. The third-order valence-electron chi connectivity index (χ3n) is 2.90. The number of aromatic carboxylic acids is 1. The van der Waals surface area contributed by atoms with Gasteiger partial charge in [0, 0.05) is 6.42 Å². The first-order valence-electron chi connectivity index (χ1n) is 6.44. The molecule has 0 radical (unpaired) electrons. The van der Waals surface area contributed by atoms with Gasteiger partial charge in [-0.3, -0.25) is 4.79 Å². The van der Waals surface area contributed by atoms with Crippen molar-refractivity contribution in [1.82, 2.24) is 15.3 Å². The molecule has 21 heavy (non-hydrogen) atoms. The van der Waals surface area contributed by atoms with E-state index in [1.165, 1.54) is 12.1 Å². The molecule has 0 saturated heterocycles. The lowest BCUT2D eigenvalue weighted by atomic mass is 10.2. The van der Waals surface area contributed by atoms with Gasteiger partial charge in [-0.15, -0.1) is 0 Å². The fourth-order valence-corrected chi connectivity index (χ4v) is 1.75. The third kappa shape index (κ3) is 3.44. The number of carboxylic acid groups (broad SMARTS) is 1. The molecule has 2 aromatic rings. The summed E-state index contributed by atoms with van der Waals surface area (Å²) >= 11 is 0. The number of aromatic nitrogens is 2. The molecule has 7 nitrogen and oxygen atoms in total. The molecular formula is C14H15N3O4. The van der Waals surface area contributed by atoms with Crippen LogP contribution in [0.15, 0.2) is 22.7 Å². The molecule has 0 aromatic carbocycles.